The number of benzene rings is 1. The number of carbonyl (C=O) groups is 1. The number of anilines is 1. The number of para-hydroxylation sites is 1. The van der Waals surface area contributed by atoms with Crippen LogP contribution in [0, 0.1) is 10.1 Å². The molecule has 1 aromatic carbocycles. The molecule has 0 spiro atoms. The van der Waals surface area contributed by atoms with E-state index in [-0.39, 0.29) is 18.0 Å². The van der Waals surface area contributed by atoms with Gasteiger partial charge in [-0.05, 0) is 17.5 Å². The lowest BCUT2D eigenvalue weighted by Gasteiger charge is -2.07. The third-order valence-electron chi connectivity index (χ3n) is 3.16. The summed E-state index contributed by atoms with van der Waals surface area (Å²) in [6.07, 6.45) is -0.587. The number of carbonyl (C=O) groups excluding carboxylic acids is 1. The molecule has 1 N–H and O–H groups in total. The molecule has 112 valence electrons. The quantitative estimate of drug-likeness (QED) is 0.693. The molecule has 1 atom stereocenters. The molecule has 22 heavy (non-hydrogen) atoms. The highest BCUT2D eigenvalue weighted by molar-refractivity contribution is 7.08. The Morgan fingerprint density at radius 1 is 1.41 bits per heavy atom. The van der Waals surface area contributed by atoms with Crippen molar-refractivity contribution in [2.24, 2.45) is 5.16 Å². The van der Waals surface area contributed by atoms with Crippen LogP contribution in [0.15, 0.2) is 46.2 Å². The zero-order valence-corrected chi connectivity index (χ0v) is 12.1. The van der Waals surface area contributed by atoms with E-state index in [1.54, 1.807) is 29.6 Å². The number of nitrogens with one attached hydrogen (secondary N) is 1. The second kappa shape index (κ2) is 5.94. The van der Waals surface area contributed by atoms with Gasteiger partial charge < -0.3 is 10.2 Å². The zero-order chi connectivity index (χ0) is 15.5. The summed E-state index contributed by atoms with van der Waals surface area (Å²) in [5.74, 6) is -0.323. The van der Waals surface area contributed by atoms with Crippen LogP contribution < -0.4 is 5.32 Å². The van der Waals surface area contributed by atoms with Crippen LogP contribution in [0.3, 0.4) is 0 Å². The van der Waals surface area contributed by atoms with E-state index in [1.165, 1.54) is 17.4 Å². The molecule has 0 aliphatic carbocycles. The second-order valence-corrected chi connectivity index (χ2v) is 5.39. The van der Waals surface area contributed by atoms with Gasteiger partial charge in [0.2, 0.25) is 6.10 Å². The Hall–Kier alpha value is -2.74. The van der Waals surface area contributed by atoms with E-state index >= 15 is 0 Å². The second-order valence-electron chi connectivity index (χ2n) is 4.61. The smallest absolute Gasteiger partial charge is 0.278 e. The molecule has 0 saturated heterocycles. The first-order chi connectivity index (χ1) is 10.6. The standard InChI is InChI=1S/C14H11N3O4S/c18-14(15-9-5-6-22-8-9)13-7-11(16-21-13)10-3-1-2-4-12(10)17(19)20/h1-6,8,13H,7H2,(H,15,18)/t13-/m1/s1. The summed E-state index contributed by atoms with van der Waals surface area (Å²) in [6.45, 7) is 0. The largest absolute Gasteiger partial charge is 0.382 e. The topological polar surface area (TPSA) is 93.8 Å². The van der Waals surface area contributed by atoms with Gasteiger partial charge in [0.15, 0.2) is 0 Å². The van der Waals surface area contributed by atoms with Crippen molar-refractivity contribution in [2.45, 2.75) is 12.5 Å². The SMILES string of the molecule is O=C(Nc1ccsc1)[C@H]1CC(c2ccccc2[N+](=O)[O-])=NO1. The van der Waals surface area contributed by atoms with Crippen molar-refractivity contribution in [2.75, 3.05) is 5.32 Å². The fourth-order valence-electron chi connectivity index (χ4n) is 2.11. The Balaban J connectivity index is 1.72. The van der Waals surface area contributed by atoms with Crippen molar-refractivity contribution in [3.05, 3.63) is 56.8 Å². The summed E-state index contributed by atoms with van der Waals surface area (Å²) in [5, 5.41) is 21.2. The fraction of sp³-hybridized carbons (Fsp3) is 0.143. The van der Waals surface area contributed by atoms with Gasteiger partial charge in [-0.15, -0.1) is 0 Å². The number of rotatable bonds is 4. The van der Waals surface area contributed by atoms with Crippen LogP contribution in [0.2, 0.25) is 0 Å². The lowest BCUT2D eigenvalue weighted by molar-refractivity contribution is -0.385. The van der Waals surface area contributed by atoms with E-state index in [0.717, 1.165) is 0 Å². The predicted molar refractivity (Wildman–Crippen MR) is 82.1 cm³/mol. The molecule has 7 nitrogen and oxygen atoms in total. The van der Waals surface area contributed by atoms with Gasteiger partial charge in [0.25, 0.3) is 11.6 Å². The number of hydrogen-bond acceptors (Lipinski definition) is 6. The van der Waals surface area contributed by atoms with E-state index in [4.69, 9.17) is 4.84 Å². The van der Waals surface area contributed by atoms with E-state index in [9.17, 15) is 14.9 Å². The van der Waals surface area contributed by atoms with E-state index < -0.39 is 11.0 Å². The minimum Gasteiger partial charge on any atom is -0.382 e. The van der Waals surface area contributed by atoms with Crippen LogP contribution in [0.25, 0.3) is 0 Å². The molecule has 1 aromatic heterocycles. The number of hydrogen-bond donors (Lipinski definition) is 1. The number of nitro benzene ring substituents is 1. The Bertz CT molecular complexity index is 742. The van der Waals surface area contributed by atoms with Gasteiger partial charge in [-0.1, -0.05) is 17.3 Å². The number of oxime groups is 1. The van der Waals surface area contributed by atoms with Gasteiger partial charge in [0.1, 0.15) is 0 Å². The highest BCUT2D eigenvalue weighted by Crippen LogP contribution is 2.25. The van der Waals surface area contributed by atoms with Crippen LogP contribution in [0.5, 0.6) is 0 Å². The van der Waals surface area contributed by atoms with Crippen molar-refractivity contribution in [3.63, 3.8) is 0 Å². The molecule has 0 radical (unpaired) electrons. The van der Waals surface area contributed by atoms with Crippen molar-refractivity contribution < 1.29 is 14.6 Å². The lowest BCUT2D eigenvalue weighted by Crippen LogP contribution is -2.27. The summed E-state index contributed by atoms with van der Waals surface area (Å²) < 4.78 is 0. The van der Waals surface area contributed by atoms with Crippen molar-refractivity contribution in [1.29, 1.82) is 0 Å². The van der Waals surface area contributed by atoms with Gasteiger partial charge in [0.05, 0.1) is 21.9 Å². The Morgan fingerprint density at radius 2 is 2.23 bits per heavy atom. The number of amides is 1. The summed E-state index contributed by atoms with van der Waals surface area (Å²) in [5.41, 5.74) is 1.41. The summed E-state index contributed by atoms with van der Waals surface area (Å²) in [4.78, 5) is 27.8. The minimum atomic E-state index is -0.783. The normalized spacial score (nSPS) is 16.7. The predicted octanol–water partition coefficient (Wildman–Crippen LogP) is 2.79. The van der Waals surface area contributed by atoms with Gasteiger partial charge >= 0.3 is 0 Å². The highest BCUT2D eigenvalue weighted by atomic mass is 32.1. The molecule has 1 aliphatic rings. The first-order valence-electron chi connectivity index (χ1n) is 6.44. The molecule has 0 unspecified atom stereocenters. The summed E-state index contributed by atoms with van der Waals surface area (Å²) >= 11 is 1.47. The molecule has 1 amide bonds. The van der Waals surface area contributed by atoms with Crippen LogP contribution in [0.4, 0.5) is 11.4 Å². The van der Waals surface area contributed by atoms with E-state index in [0.29, 0.717) is 17.0 Å². The molecular formula is C14H11N3O4S. The van der Waals surface area contributed by atoms with E-state index in [1.807, 2.05) is 5.38 Å². The maximum atomic E-state index is 12.1. The summed E-state index contributed by atoms with van der Waals surface area (Å²) in [6, 6.07) is 8.04. The summed E-state index contributed by atoms with van der Waals surface area (Å²) in [7, 11) is 0. The number of thiophene rings is 1. The molecular weight excluding hydrogens is 306 g/mol. The first-order valence-corrected chi connectivity index (χ1v) is 7.39. The monoisotopic (exact) mass is 317 g/mol. The van der Waals surface area contributed by atoms with Crippen LogP contribution >= 0.6 is 11.3 Å². The Labute approximate surface area is 129 Å². The average Bonchev–Trinajstić information content (AvgIpc) is 3.18. The van der Waals surface area contributed by atoms with Gasteiger partial charge in [0, 0.05) is 17.9 Å². The third kappa shape index (κ3) is 2.82. The Kier molecular flexibility index (Phi) is 3.84. The zero-order valence-electron chi connectivity index (χ0n) is 11.3. The van der Waals surface area contributed by atoms with Gasteiger partial charge in [-0.3, -0.25) is 14.9 Å². The maximum Gasteiger partial charge on any atom is 0.278 e. The first kappa shape index (κ1) is 14.2. The van der Waals surface area contributed by atoms with Crippen molar-refractivity contribution in [1.82, 2.24) is 0 Å². The van der Waals surface area contributed by atoms with Gasteiger partial charge in [-0.2, -0.15) is 11.3 Å². The fourth-order valence-corrected chi connectivity index (χ4v) is 2.70. The highest BCUT2D eigenvalue weighted by Gasteiger charge is 2.31. The van der Waals surface area contributed by atoms with Crippen LogP contribution in [-0.2, 0) is 9.63 Å². The number of nitro groups is 1. The molecule has 3 rings (SSSR count). The molecule has 2 heterocycles. The Morgan fingerprint density at radius 3 is 2.95 bits per heavy atom. The third-order valence-corrected chi connectivity index (χ3v) is 3.84. The van der Waals surface area contributed by atoms with E-state index in [2.05, 4.69) is 10.5 Å². The van der Waals surface area contributed by atoms with Crippen LogP contribution in [-0.4, -0.2) is 22.6 Å². The molecule has 0 bridgehead atoms. The van der Waals surface area contributed by atoms with Crippen molar-refractivity contribution in [3.8, 4) is 0 Å². The van der Waals surface area contributed by atoms with Crippen molar-refractivity contribution >= 4 is 34.3 Å². The van der Waals surface area contributed by atoms with Crippen LogP contribution in [0.1, 0.15) is 12.0 Å². The maximum absolute atomic E-state index is 12.1. The minimum absolute atomic E-state index is 0.0521. The number of nitrogens with zero attached hydrogens (tertiary/aromatic N) is 2. The molecule has 0 fully saturated rings. The molecule has 8 heteroatoms. The molecule has 1 aliphatic heterocycles. The average molecular weight is 317 g/mol. The molecule has 2 aromatic rings. The van der Waals surface area contributed by atoms with Gasteiger partial charge in [-0.25, -0.2) is 0 Å². The molecule has 0 saturated carbocycles. The lowest BCUT2D eigenvalue weighted by atomic mass is 10.0.